The van der Waals surface area contributed by atoms with Gasteiger partial charge < -0.3 is 4.90 Å². The standard InChI is InChI=1S/C15H20N2O3/c1-11(2)8-9-16(13-6-7-13)15(18)12-4-3-5-14(10-12)17(19)20/h3-5,10-11,13H,6-9H2,1-2H3. The monoisotopic (exact) mass is 276 g/mol. The van der Waals surface area contributed by atoms with E-state index in [9.17, 15) is 14.9 Å². The highest BCUT2D eigenvalue weighted by Gasteiger charge is 2.33. The Labute approximate surface area is 118 Å². The normalized spacial score (nSPS) is 14.3. The fourth-order valence-electron chi connectivity index (χ4n) is 2.15. The van der Waals surface area contributed by atoms with Crippen LogP contribution in [-0.2, 0) is 0 Å². The van der Waals surface area contributed by atoms with Crippen LogP contribution in [0, 0.1) is 16.0 Å². The van der Waals surface area contributed by atoms with Crippen LogP contribution in [0.15, 0.2) is 24.3 Å². The molecule has 1 saturated carbocycles. The molecule has 2 rings (SSSR count). The molecule has 0 N–H and O–H groups in total. The second kappa shape index (κ2) is 6.03. The first-order valence-corrected chi connectivity index (χ1v) is 7.04. The van der Waals surface area contributed by atoms with Crippen molar-refractivity contribution in [2.45, 2.75) is 39.2 Å². The highest BCUT2D eigenvalue weighted by molar-refractivity contribution is 5.95. The molecule has 20 heavy (non-hydrogen) atoms. The van der Waals surface area contributed by atoms with Crippen LogP contribution in [0.5, 0.6) is 0 Å². The van der Waals surface area contributed by atoms with E-state index in [1.807, 2.05) is 4.90 Å². The van der Waals surface area contributed by atoms with Crippen LogP contribution < -0.4 is 0 Å². The van der Waals surface area contributed by atoms with Crippen molar-refractivity contribution < 1.29 is 9.72 Å². The van der Waals surface area contributed by atoms with Crippen LogP contribution in [0.3, 0.4) is 0 Å². The second-order valence-corrected chi connectivity index (χ2v) is 5.72. The fraction of sp³-hybridized carbons (Fsp3) is 0.533. The molecule has 0 bridgehead atoms. The molecule has 1 amide bonds. The van der Waals surface area contributed by atoms with E-state index < -0.39 is 4.92 Å². The molecule has 0 unspecified atom stereocenters. The first-order chi connectivity index (χ1) is 9.49. The number of carbonyl (C=O) groups is 1. The van der Waals surface area contributed by atoms with E-state index in [-0.39, 0.29) is 11.6 Å². The number of hydrogen-bond acceptors (Lipinski definition) is 3. The van der Waals surface area contributed by atoms with E-state index in [1.54, 1.807) is 12.1 Å². The third kappa shape index (κ3) is 3.56. The first kappa shape index (κ1) is 14.5. The van der Waals surface area contributed by atoms with Gasteiger partial charge in [0.05, 0.1) is 4.92 Å². The molecule has 0 atom stereocenters. The molecule has 0 radical (unpaired) electrons. The van der Waals surface area contributed by atoms with Crippen LogP contribution in [-0.4, -0.2) is 28.3 Å². The Morgan fingerprint density at radius 1 is 1.45 bits per heavy atom. The van der Waals surface area contributed by atoms with Crippen LogP contribution in [0.2, 0.25) is 0 Å². The lowest BCUT2D eigenvalue weighted by atomic mass is 10.1. The molecule has 0 spiro atoms. The number of nitro groups is 1. The molecular weight excluding hydrogens is 256 g/mol. The highest BCUT2D eigenvalue weighted by Crippen LogP contribution is 2.29. The van der Waals surface area contributed by atoms with Gasteiger partial charge in [-0.3, -0.25) is 14.9 Å². The zero-order chi connectivity index (χ0) is 14.7. The van der Waals surface area contributed by atoms with Crippen molar-refractivity contribution in [1.29, 1.82) is 0 Å². The van der Waals surface area contributed by atoms with Crippen molar-refractivity contribution in [3.63, 3.8) is 0 Å². The SMILES string of the molecule is CC(C)CCN(C(=O)c1cccc([N+](=O)[O-])c1)C1CC1. The summed E-state index contributed by atoms with van der Waals surface area (Å²) in [5.41, 5.74) is 0.380. The van der Waals surface area contributed by atoms with Crippen molar-refractivity contribution in [2.24, 2.45) is 5.92 Å². The Bertz CT molecular complexity index is 510. The molecular formula is C15H20N2O3. The highest BCUT2D eigenvalue weighted by atomic mass is 16.6. The Morgan fingerprint density at radius 3 is 2.70 bits per heavy atom. The van der Waals surface area contributed by atoms with E-state index in [1.165, 1.54) is 12.1 Å². The number of benzene rings is 1. The Kier molecular flexibility index (Phi) is 4.37. The van der Waals surface area contributed by atoms with E-state index in [2.05, 4.69) is 13.8 Å². The van der Waals surface area contributed by atoms with Gasteiger partial charge in [-0.25, -0.2) is 0 Å². The smallest absolute Gasteiger partial charge is 0.270 e. The molecule has 1 aliphatic rings. The van der Waals surface area contributed by atoms with Crippen LogP contribution >= 0.6 is 0 Å². The van der Waals surface area contributed by atoms with Gasteiger partial charge in [0.25, 0.3) is 11.6 Å². The summed E-state index contributed by atoms with van der Waals surface area (Å²) in [7, 11) is 0. The van der Waals surface area contributed by atoms with Gasteiger partial charge in [0.2, 0.25) is 0 Å². The topological polar surface area (TPSA) is 63.5 Å². The second-order valence-electron chi connectivity index (χ2n) is 5.72. The maximum atomic E-state index is 12.5. The fourth-order valence-corrected chi connectivity index (χ4v) is 2.15. The molecule has 108 valence electrons. The molecule has 0 aliphatic heterocycles. The summed E-state index contributed by atoms with van der Waals surface area (Å²) >= 11 is 0. The maximum Gasteiger partial charge on any atom is 0.270 e. The van der Waals surface area contributed by atoms with Crippen LogP contribution in [0.1, 0.15) is 43.5 Å². The van der Waals surface area contributed by atoms with E-state index >= 15 is 0 Å². The molecule has 0 heterocycles. The van der Waals surface area contributed by atoms with Crippen LogP contribution in [0.25, 0.3) is 0 Å². The first-order valence-electron chi connectivity index (χ1n) is 7.04. The van der Waals surface area contributed by atoms with Crippen molar-refractivity contribution in [1.82, 2.24) is 4.90 Å². The summed E-state index contributed by atoms with van der Waals surface area (Å²) in [5.74, 6) is 0.450. The van der Waals surface area contributed by atoms with Gasteiger partial charge in [0, 0.05) is 30.3 Å². The number of rotatable bonds is 6. The van der Waals surface area contributed by atoms with Gasteiger partial charge in [-0.1, -0.05) is 19.9 Å². The van der Waals surface area contributed by atoms with Gasteiger partial charge in [0.15, 0.2) is 0 Å². The lowest BCUT2D eigenvalue weighted by Crippen LogP contribution is -2.34. The maximum absolute atomic E-state index is 12.5. The number of hydrogen-bond donors (Lipinski definition) is 0. The van der Waals surface area contributed by atoms with E-state index in [4.69, 9.17) is 0 Å². The molecule has 1 aromatic rings. The Balaban J connectivity index is 2.14. The molecule has 0 aromatic heterocycles. The van der Waals surface area contributed by atoms with Crippen molar-refractivity contribution in [3.05, 3.63) is 39.9 Å². The summed E-state index contributed by atoms with van der Waals surface area (Å²) < 4.78 is 0. The van der Waals surface area contributed by atoms with Crippen molar-refractivity contribution in [2.75, 3.05) is 6.54 Å². The number of non-ortho nitro benzene ring substituents is 1. The van der Waals surface area contributed by atoms with Crippen molar-refractivity contribution >= 4 is 11.6 Å². The summed E-state index contributed by atoms with van der Waals surface area (Å²) in [5, 5.41) is 10.8. The van der Waals surface area contributed by atoms with Gasteiger partial charge in [0.1, 0.15) is 0 Å². The third-order valence-corrected chi connectivity index (χ3v) is 3.50. The van der Waals surface area contributed by atoms with Gasteiger partial charge in [-0.15, -0.1) is 0 Å². The average molecular weight is 276 g/mol. The zero-order valence-electron chi connectivity index (χ0n) is 11.9. The lowest BCUT2D eigenvalue weighted by Gasteiger charge is -2.23. The average Bonchev–Trinajstić information content (AvgIpc) is 3.23. The molecule has 1 aliphatic carbocycles. The van der Waals surface area contributed by atoms with E-state index in [0.717, 1.165) is 25.8 Å². The predicted molar refractivity (Wildman–Crippen MR) is 76.6 cm³/mol. The minimum Gasteiger partial charge on any atom is -0.336 e. The quantitative estimate of drug-likeness (QED) is 0.592. The number of nitrogens with zero attached hydrogens (tertiary/aromatic N) is 2. The largest absolute Gasteiger partial charge is 0.336 e. The van der Waals surface area contributed by atoms with Gasteiger partial charge >= 0.3 is 0 Å². The van der Waals surface area contributed by atoms with Gasteiger partial charge in [-0.05, 0) is 31.2 Å². The Hall–Kier alpha value is -1.91. The number of carbonyl (C=O) groups excluding carboxylic acids is 1. The third-order valence-electron chi connectivity index (χ3n) is 3.50. The lowest BCUT2D eigenvalue weighted by molar-refractivity contribution is -0.384. The molecule has 1 aromatic carbocycles. The summed E-state index contributed by atoms with van der Waals surface area (Å²) in [6.07, 6.45) is 3.04. The molecule has 5 heteroatoms. The van der Waals surface area contributed by atoms with Crippen molar-refractivity contribution in [3.8, 4) is 0 Å². The summed E-state index contributed by atoms with van der Waals surface area (Å²) in [4.78, 5) is 24.7. The minimum absolute atomic E-state index is 0.0320. The van der Waals surface area contributed by atoms with Gasteiger partial charge in [-0.2, -0.15) is 0 Å². The number of amides is 1. The van der Waals surface area contributed by atoms with Crippen LogP contribution in [0.4, 0.5) is 5.69 Å². The molecule has 0 saturated heterocycles. The predicted octanol–water partition coefficient (Wildman–Crippen LogP) is 3.25. The van der Waals surface area contributed by atoms with E-state index in [0.29, 0.717) is 17.5 Å². The molecule has 5 nitrogen and oxygen atoms in total. The summed E-state index contributed by atoms with van der Waals surface area (Å²) in [6.45, 7) is 4.98. The Morgan fingerprint density at radius 2 is 2.15 bits per heavy atom. The summed E-state index contributed by atoms with van der Waals surface area (Å²) in [6, 6.07) is 6.32. The minimum atomic E-state index is -0.466. The molecule has 1 fully saturated rings. The number of nitro benzene ring substituents is 1. The zero-order valence-corrected chi connectivity index (χ0v) is 11.9.